The van der Waals surface area contributed by atoms with Gasteiger partial charge in [-0.25, -0.2) is 4.79 Å². The van der Waals surface area contributed by atoms with Crippen LogP contribution in [-0.2, 0) is 9.53 Å². The molecule has 3 N–H and O–H groups in total. The smallest absolute Gasteiger partial charge is 0.497 e. The summed E-state index contributed by atoms with van der Waals surface area (Å²) in [5.74, 6) is 1.63. The van der Waals surface area contributed by atoms with E-state index in [1.807, 2.05) is 50.3 Å². The summed E-state index contributed by atoms with van der Waals surface area (Å²) in [7, 11) is 3.21. The predicted molar refractivity (Wildman–Crippen MR) is 135 cm³/mol. The van der Waals surface area contributed by atoms with Gasteiger partial charge >= 0.3 is 6.16 Å². The van der Waals surface area contributed by atoms with Crippen LogP contribution in [-0.4, -0.2) is 45.5 Å². The number of hydrogen-bond donors (Lipinski definition) is 2. The third-order valence-electron chi connectivity index (χ3n) is 4.78. The molecule has 0 aliphatic heterocycles. The van der Waals surface area contributed by atoms with Crippen molar-refractivity contribution < 1.29 is 28.5 Å². The zero-order valence-electron chi connectivity index (χ0n) is 19.9. The first-order chi connectivity index (χ1) is 15.8. The van der Waals surface area contributed by atoms with Gasteiger partial charge in [0.15, 0.2) is 0 Å². The Morgan fingerprint density at radius 3 is 2.09 bits per heavy atom. The fourth-order valence-corrected chi connectivity index (χ4v) is 2.75. The molecule has 0 heterocycles. The average Bonchev–Trinajstić information content (AvgIpc) is 2.82. The van der Waals surface area contributed by atoms with Gasteiger partial charge in [-0.1, -0.05) is 38.1 Å². The molecule has 0 saturated carbocycles. The maximum atomic E-state index is 11.8. The Hall–Kier alpha value is -3.23. The largest absolute Gasteiger partial charge is 0.513 e. The zero-order valence-corrected chi connectivity index (χ0v) is 20.7. The van der Waals surface area contributed by atoms with E-state index in [1.165, 1.54) is 0 Å². The fourth-order valence-electron chi connectivity index (χ4n) is 2.75. The second-order valence-electron chi connectivity index (χ2n) is 7.66. The molecule has 2 rings (SSSR count). The van der Waals surface area contributed by atoms with E-state index in [2.05, 4.69) is 5.32 Å². The van der Waals surface area contributed by atoms with Crippen molar-refractivity contribution in [3.8, 4) is 17.2 Å². The Bertz CT molecular complexity index is 925. The predicted octanol–water partition coefficient (Wildman–Crippen LogP) is 4.30. The lowest BCUT2D eigenvalue weighted by Gasteiger charge is -2.15. The standard InChI is InChI=1S/C25H32N2O6.ClH/c1-17(2)23(26)24(28)27-12-5-13-32-25(29)33-20-10-8-18(9-11-20)6-7-19-14-21(30-3)16-22(15-19)31-4;/h6-11,14-17,23H,5,12-13,26H2,1-4H3,(H,27,28);1H. The highest BCUT2D eigenvalue weighted by molar-refractivity contribution is 5.85. The molecule has 0 bridgehead atoms. The number of benzene rings is 2. The van der Waals surface area contributed by atoms with Crippen molar-refractivity contribution in [1.29, 1.82) is 0 Å². The third kappa shape index (κ3) is 9.72. The minimum atomic E-state index is -0.799. The minimum Gasteiger partial charge on any atom is -0.497 e. The quantitative estimate of drug-likeness (QED) is 0.208. The summed E-state index contributed by atoms with van der Waals surface area (Å²) in [6.45, 7) is 4.25. The van der Waals surface area contributed by atoms with E-state index in [1.54, 1.807) is 32.4 Å². The molecule has 0 aliphatic carbocycles. The highest BCUT2D eigenvalue weighted by atomic mass is 35.5. The highest BCUT2D eigenvalue weighted by Crippen LogP contribution is 2.24. The number of carbonyl (C=O) groups is 2. The van der Waals surface area contributed by atoms with Gasteiger partial charge in [-0.2, -0.15) is 0 Å². The molecule has 0 radical (unpaired) electrons. The average molecular weight is 493 g/mol. The molecule has 186 valence electrons. The van der Waals surface area contributed by atoms with Crippen molar-refractivity contribution >= 4 is 36.6 Å². The lowest BCUT2D eigenvalue weighted by molar-refractivity contribution is -0.123. The van der Waals surface area contributed by atoms with Crippen LogP contribution >= 0.6 is 12.4 Å². The highest BCUT2D eigenvalue weighted by Gasteiger charge is 2.16. The maximum Gasteiger partial charge on any atom is 0.513 e. The summed E-state index contributed by atoms with van der Waals surface area (Å²) >= 11 is 0. The monoisotopic (exact) mass is 492 g/mol. The first kappa shape index (κ1) is 28.8. The van der Waals surface area contributed by atoms with E-state index < -0.39 is 12.2 Å². The summed E-state index contributed by atoms with van der Waals surface area (Å²) in [6.07, 6.45) is 3.52. The first-order valence-electron chi connectivity index (χ1n) is 10.7. The number of ether oxygens (including phenoxy) is 4. The Morgan fingerprint density at radius 2 is 1.53 bits per heavy atom. The summed E-state index contributed by atoms with van der Waals surface area (Å²) in [5, 5.41) is 2.71. The molecule has 0 aliphatic rings. The lowest BCUT2D eigenvalue weighted by Crippen LogP contribution is -2.44. The van der Waals surface area contributed by atoms with Crippen LogP contribution in [0.4, 0.5) is 4.79 Å². The van der Waals surface area contributed by atoms with Gasteiger partial charge in [0.25, 0.3) is 0 Å². The lowest BCUT2D eigenvalue weighted by atomic mass is 10.1. The second kappa shape index (κ2) is 14.8. The van der Waals surface area contributed by atoms with E-state index in [4.69, 9.17) is 24.7 Å². The molecule has 2 aromatic rings. The molecule has 1 unspecified atom stereocenters. The minimum absolute atomic E-state index is 0. The second-order valence-corrected chi connectivity index (χ2v) is 7.66. The first-order valence-corrected chi connectivity index (χ1v) is 10.7. The van der Waals surface area contributed by atoms with Gasteiger partial charge in [-0.3, -0.25) is 4.79 Å². The van der Waals surface area contributed by atoms with Gasteiger partial charge in [0, 0.05) is 12.6 Å². The van der Waals surface area contributed by atoms with Crippen molar-refractivity contribution in [2.24, 2.45) is 11.7 Å². The molecule has 8 nitrogen and oxygen atoms in total. The van der Waals surface area contributed by atoms with Gasteiger partial charge in [-0.05, 0) is 47.7 Å². The molecule has 1 atom stereocenters. The van der Waals surface area contributed by atoms with Crippen LogP contribution in [0, 0.1) is 5.92 Å². The number of carbonyl (C=O) groups excluding carboxylic acids is 2. The molecule has 9 heteroatoms. The molecule has 0 saturated heterocycles. The van der Waals surface area contributed by atoms with E-state index in [0.717, 1.165) is 11.1 Å². The number of amides is 1. The van der Waals surface area contributed by atoms with Crippen LogP contribution in [0.25, 0.3) is 12.2 Å². The van der Waals surface area contributed by atoms with Gasteiger partial charge in [-0.15, -0.1) is 12.4 Å². The summed E-state index contributed by atoms with van der Waals surface area (Å²) in [6, 6.07) is 12.1. The number of rotatable bonds is 11. The molecule has 2 aromatic carbocycles. The Balaban J connectivity index is 0.00000578. The summed E-state index contributed by atoms with van der Waals surface area (Å²) in [5.41, 5.74) is 7.61. The molecule has 0 spiro atoms. The van der Waals surface area contributed by atoms with Gasteiger partial charge < -0.3 is 30.0 Å². The Kier molecular flexibility index (Phi) is 12.6. The number of nitrogens with two attached hydrogens (primary N) is 1. The van der Waals surface area contributed by atoms with Crippen molar-refractivity contribution in [1.82, 2.24) is 5.32 Å². The third-order valence-corrected chi connectivity index (χ3v) is 4.78. The van der Waals surface area contributed by atoms with Crippen LogP contribution in [0.15, 0.2) is 42.5 Å². The van der Waals surface area contributed by atoms with E-state index in [0.29, 0.717) is 30.2 Å². The molecular weight excluding hydrogens is 460 g/mol. The summed E-state index contributed by atoms with van der Waals surface area (Å²) < 4.78 is 20.7. The normalized spacial score (nSPS) is 11.5. The molecule has 0 fully saturated rings. The fraction of sp³-hybridized carbons (Fsp3) is 0.360. The number of hydrogen-bond acceptors (Lipinski definition) is 7. The van der Waals surface area contributed by atoms with E-state index in [-0.39, 0.29) is 30.8 Å². The van der Waals surface area contributed by atoms with Crippen LogP contribution in [0.2, 0.25) is 0 Å². The Morgan fingerprint density at radius 1 is 0.941 bits per heavy atom. The SMILES string of the molecule is COc1cc(C=Cc2ccc(OC(=O)OCCCNC(=O)C(N)C(C)C)cc2)cc(OC)c1.Cl. The van der Waals surface area contributed by atoms with Gasteiger partial charge in [0.05, 0.1) is 26.9 Å². The summed E-state index contributed by atoms with van der Waals surface area (Å²) in [4.78, 5) is 23.6. The van der Waals surface area contributed by atoms with Gasteiger partial charge in [0.2, 0.25) is 5.91 Å². The van der Waals surface area contributed by atoms with Crippen LogP contribution in [0.5, 0.6) is 17.2 Å². The van der Waals surface area contributed by atoms with Gasteiger partial charge in [0.1, 0.15) is 17.2 Å². The van der Waals surface area contributed by atoms with Crippen LogP contribution in [0.1, 0.15) is 31.4 Å². The van der Waals surface area contributed by atoms with Crippen molar-refractivity contribution in [2.45, 2.75) is 26.3 Å². The molecule has 1 amide bonds. The zero-order chi connectivity index (χ0) is 24.2. The van der Waals surface area contributed by atoms with E-state index in [9.17, 15) is 9.59 Å². The van der Waals surface area contributed by atoms with E-state index >= 15 is 0 Å². The molecule has 34 heavy (non-hydrogen) atoms. The van der Waals surface area contributed by atoms with Crippen LogP contribution < -0.4 is 25.3 Å². The van der Waals surface area contributed by atoms with Crippen molar-refractivity contribution in [3.05, 3.63) is 53.6 Å². The molecule has 0 aromatic heterocycles. The topological polar surface area (TPSA) is 109 Å². The van der Waals surface area contributed by atoms with Crippen molar-refractivity contribution in [2.75, 3.05) is 27.4 Å². The Labute approximate surface area is 206 Å². The maximum absolute atomic E-state index is 11.8. The van der Waals surface area contributed by atoms with Crippen molar-refractivity contribution in [3.63, 3.8) is 0 Å². The number of methoxy groups -OCH3 is 2. The number of halogens is 1. The number of nitrogens with one attached hydrogen (secondary N) is 1. The molecular formula is C25H33ClN2O6. The van der Waals surface area contributed by atoms with Crippen LogP contribution in [0.3, 0.4) is 0 Å².